The molecule has 0 atom stereocenters. The highest BCUT2D eigenvalue weighted by Crippen LogP contribution is 2.32. The number of sulfonamides is 1. The first kappa shape index (κ1) is 21.9. The van der Waals surface area contributed by atoms with Crippen molar-refractivity contribution in [2.45, 2.75) is 4.90 Å². The zero-order valence-corrected chi connectivity index (χ0v) is 18.3. The molecule has 0 saturated heterocycles. The number of nitro groups is 2. The zero-order valence-electron chi connectivity index (χ0n) is 17.5. The van der Waals surface area contributed by atoms with Crippen LogP contribution in [0.4, 0.5) is 17.1 Å². The fourth-order valence-electron chi connectivity index (χ4n) is 3.69. The quantitative estimate of drug-likeness (QED) is 0.128. The van der Waals surface area contributed by atoms with Gasteiger partial charge < -0.3 is 10.2 Å². The van der Waals surface area contributed by atoms with Crippen molar-refractivity contribution < 1.29 is 22.7 Å². The number of fused-ring (bicyclic) bond motifs is 4. The highest BCUT2D eigenvalue weighted by atomic mass is 32.2. The summed E-state index contributed by atoms with van der Waals surface area (Å²) < 4.78 is 36.0. The number of benzene rings is 4. The largest absolute Gasteiger partial charge is 0.453 e. The Morgan fingerprint density at radius 2 is 1.66 bits per heavy atom. The predicted molar refractivity (Wildman–Crippen MR) is 125 cm³/mol. The van der Waals surface area contributed by atoms with Gasteiger partial charge in [0.2, 0.25) is 0 Å². The molecule has 35 heavy (non-hydrogen) atoms. The number of nitrogens with two attached hydrogens (primary N) is 1. The van der Waals surface area contributed by atoms with Gasteiger partial charge in [0.05, 0.1) is 21.3 Å². The van der Waals surface area contributed by atoms with Gasteiger partial charge in [-0.1, -0.05) is 24.3 Å². The molecule has 1 aliphatic carbocycles. The second-order valence-electron chi connectivity index (χ2n) is 7.46. The second kappa shape index (κ2) is 7.85. The number of nitrogen functional groups attached to an aromatic ring is 1. The highest BCUT2D eigenvalue weighted by molar-refractivity contribution is 7.90. The molecule has 0 saturated carbocycles. The molecule has 0 spiro atoms. The minimum absolute atomic E-state index is 0.0467. The van der Waals surface area contributed by atoms with Gasteiger partial charge in [0, 0.05) is 34.7 Å². The Labute approximate surface area is 195 Å². The molecule has 0 aromatic heterocycles. The van der Waals surface area contributed by atoms with E-state index in [-0.39, 0.29) is 11.1 Å². The number of nitrogens with zero attached hydrogens (tertiary/aromatic N) is 4. The van der Waals surface area contributed by atoms with Gasteiger partial charge in [-0.15, -0.1) is 0 Å². The first-order valence-electron chi connectivity index (χ1n) is 9.90. The van der Waals surface area contributed by atoms with Gasteiger partial charge in [-0.05, 0) is 18.2 Å². The molecule has 13 heteroatoms. The minimum Gasteiger partial charge on any atom is -0.453 e. The standard InChI is InChI=1S/C22H13N5O7S/c23-12-5-7-16-19(9-12)34-20-11-17(14-3-1-2-4-15(14)22(20)24-16)25-35(32,33)21-8-6-13(26(28)29)10-18(21)27(30)31/h1-11H,23H2/b25-17-. The smallest absolute Gasteiger partial charge is 0.296 e. The number of hydrogen-bond donors (Lipinski definition) is 1. The van der Waals surface area contributed by atoms with E-state index in [1.807, 2.05) is 0 Å². The van der Waals surface area contributed by atoms with Gasteiger partial charge in [-0.2, -0.15) is 12.8 Å². The Bertz CT molecular complexity index is 1850. The lowest BCUT2D eigenvalue weighted by molar-refractivity contribution is -0.396. The van der Waals surface area contributed by atoms with E-state index < -0.39 is 36.1 Å². The number of aromatic nitrogens is 1. The second-order valence-corrected chi connectivity index (χ2v) is 9.03. The van der Waals surface area contributed by atoms with Gasteiger partial charge in [-0.25, -0.2) is 4.98 Å². The summed E-state index contributed by atoms with van der Waals surface area (Å²) in [5.41, 5.74) is 6.05. The zero-order chi connectivity index (χ0) is 24.9. The van der Waals surface area contributed by atoms with Crippen molar-refractivity contribution in [2.75, 3.05) is 5.73 Å². The van der Waals surface area contributed by atoms with Crippen molar-refractivity contribution >= 4 is 49.0 Å². The first-order chi connectivity index (χ1) is 16.6. The van der Waals surface area contributed by atoms with E-state index in [9.17, 15) is 28.6 Å². The minimum atomic E-state index is -4.66. The molecule has 12 nitrogen and oxygen atoms in total. The van der Waals surface area contributed by atoms with Gasteiger partial charge in [0.25, 0.3) is 21.4 Å². The number of non-ortho nitro benzene ring substituents is 1. The average Bonchev–Trinajstić information content (AvgIpc) is 2.82. The summed E-state index contributed by atoms with van der Waals surface area (Å²) >= 11 is 0. The van der Waals surface area contributed by atoms with Crippen LogP contribution in [-0.4, -0.2) is 23.2 Å². The molecule has 5 rings (SSSR count). The maximum Gasteiger partial charge on any atom is 0.296 e. The van der Waals surface area contributed by atoms with Crippen LogP contribution in [0.15, 0.2) is 80.4 Å². The molecular formula is C22H13N5O7S. The number of rotatable bonds is 4. The van der Waals surface area contributed by atoms with Crippen molar-refractivity contribution in [3.63, 3.8) is 0 Å². The molecule has 2 N–H and O–H groups in total. The number of anilines is 1. The van der Waals surface area contributed by atoms with E-state index in [0.717, 1.165) is 12.1 Å². The van der Waals surface area contributed by atoms with E-state index in [1.54, 1.807) is 42.5 Å². The molecule has 3 aromatic carbocycles. The highest BCUT2D eigenvalue weighted by Gasteiger charge is 2.28. The van der Waals surface area contributed by atoms with E-state index in [0.29, 0.717) is 39.3 Å². The van der Waals surface area contributed by atoms with E-state index >= 15 is 0 Å². The van der Waals surface area contributed by atoms with Crippen LogP contribution < -0.4 is 11.1 Å². The first-order valence-corrected chi connectivity index (χ1v) is 11.3. The van der Waals surface area contributed by atoms with Crippen molar-refractivity contribution in [3.8, 4) is 11.5 Å². The van der Waals surface area contributed by atoms with E-state index in [1.165, 1.54) is 6.07 Å². The molecule has 174 valence electrons. The SMILES string of the molecule is Nc1ccc2nc3c4ccccc4/c(=N\S(=O)(=O)c4ccc([N+](=O)[O-])cc4[N+](=O)[O-])cc-3oc2c1. The molecule has 3 aromatic rings. The van der Waals surface area contributed by atoms with E-state index in [4.69, 9.17) is 10.2 Å². The van der Waals surface area contributed by atoms with Gasteiger partial charge in [0.15, 0.2) is 16.2 Å². The van der Waals surface area contributed by atoms with Crippen molar-refractivity contribution in [3.05, 3.63) is 92.3 Å². The van der Waals surface area contributed by atoms with Crippen LogP contribution in [-0.2, 0) is 10.0 Å². The molecule has 0 amide bonds. The fraction of sp³-hybridized carbons (Fsp3) is 0. The van der Waals surface area contributed by atoms with Crippen LogP contribution in [0.1, 0.15) is 0 Å². The molecule has 0 unspecified atom stereocenters. The molecule has 1 heterocycles. The molecular weight excluding hydrogens is 478 g/mol. The number of nitro benzene ring substituents is 2. The monoisotopic (exact) mass is 491 g/mol. The summed E-state index contributed by atoms with van der Waals surface area (Å²) in [6, 6.07) is 15.3. The normalized spacial score (nSPS) is 12.4. The maximum absolute atomic E-state index is 13.1. The topological polar surface area (TPSA) is 185 Å². The summed E-state index contributed by atoms with van der Waals surface area (Å²) in [6.45, 7) is 0. The van der Waals surface area contributed by atoms with Gasteiger partial charge >= 0.3 is 0 Å². The van der Waals surface area contributed by atoms with E-state index in [2.05, 4.69) is 9.38 Å². The Morgan fingerprint density at radius 1 is 0.914 bits per heavy atom. The van der Waals surface area contributed by atoms with Crippen LogP contribution in [0.5, 0.6) is 0 Å². The predicted octanol–water partition coefficient (Wildman–Crippen LogP) is 3.77. The summed E-state index contributed by atoms with van der Waals surface area (Å²) in [4.78, 5) is 24.4. The van der Waals surface area contributed by atoms with Crippen LogP contribution in [0, 0.1) is 20.2 Å². The lowest BCUT2D eigenvalue weighted by Crippen LogP contribution is -2.12. The maximum atomic E-state index is 13.1. The third-order valence-corrected chi connectivity index (χ3v) is 6.58. The van der Waals surface area contributed by atoms with Crippen molar-refractivity contribution in [1.82, 2.24) is 4.98 Å². The Balaban J connectivity index is 1.82. The van der Waals surface area contributed by atoms with Gasteiger partial charge in [0.1, 0.15) is 11.2 Å². The summed E-state index contributed by atoms with van der Waals surface area (Å²) in [5.74, 6) is 0.217. The summed E-state index contributed by atoms with van der Waals surface area (Å²) in [6.07, 6.45) is 0. The molecule has 0 fully saturated rings. The van der Waals surface area contributed by atoms with Crippen molar-refractivity contribution in [2.24, 2.45) is 4.40 Å². The van der Waals surface area contributed by atoms with Crippen LogP contribution in [0.25, 0.3) is 33.3 Å². The van der Waals surface area contributed by atoms with Crippen molar-refractivity contribution in [1.29, 1.82) is 0 Å². The Morgan fingerprint density at radius 3 is 2.37 bits per heavy atom. The third-order valence-electron chi connectivity index (χ3n) is 5.24. The lowest BCUT2D eigenvalue weighted by atomic mass is 10.0. The molecule has 0 bridgehead atoms. The molecule has 0 radical (unpaired) electrons. The van der Waals surface area contributed by atoms with Crippen LogP contribution in [0.2, 0.25) is 0 Å². The summed E-state index contributed by atoms with van der Waals surface area (Å²) in [5, 5.41) is 23.4. The van der Waals surface area contributed by atoms with Crippen LogP contribution >= 0.6 is 0 Å². The van der Waals surface area contributed by atoms with Gasteiger partial charge in [-0.3, -0.25) is 20.2 Å². The van der Waals surface area contributed by atoms with Crippen LogP contribution in [0.3, 0.4) is 0 Å². The lowest BCUT2D eigenvalue weighted by Gasteiger charge is -2.10. The average molecular weight is 491 g/mol. The fourth-order valence-corrected chi connectivity index (χ4v) is 4.83. The Kier molecular flexibility index (Phi) is 4.91. The number of hydrogen-bond acceptors (Lipinski definition) is 9. The summed E-state index contributed by atoms with van der Waals surface area (Å²) in [7, 11) is -4.66. The Hall–Kier alpha value is -4.91. The molecule has 1 aliphatic heterocycles. The molecule has 2 aliphatic rings. The third kappa shape index (κ3) is 3.79.